The van der Waals surface area contributed by atoms with E-state index in [1.54, 1.807) is 7.11 Å². The Bertz CT molecular complexity index is 1270. The number of ether oxygens (including phenoxy) is 2. The van der Waals surface area contributed by atoms with Crippen molar-refractivity contribution in [2.45, 2.75) is 95.3 Å². The quantitative estimate of drug-likeness (QED) is 0.219. The molecule has 0 aromatic heterocycles. The molecule has 5 heteroatoms. The van der Waals surface area contributed by atoms with Crippen molar-refractivity contribution in [3.63, 3.8) is 0 Å². The number of likely N-dealkylation sites (tertiary alicyclic amines) is 1. The van der Waals surface area contributed by atoms with Crippen molar-refractivity contribution in [2.75, 3.05) is 13.7 Å². The van der Waals surface area contributed by atoms with E-state index < -0.39 is 5.60 Å². The Morgan fingerprint density at radius 3 is 2.37 bits per heavy atom. The predicted molar refractivity (Wildman–Crippen MR) is 163 cm³/mol. The van der Waals surface area contributed by atoms with Crippen molar-refractivity contribution in [1.29, 1.82) is 0 Å². The van der Waals surface area contributed by atoms with Gasteiger partial charge >= 0.3 is 0 Å². The van der Waals surface area contributed by atoms with Crippen LogP contribution in [0.3, 0.4) is 0 Å². The molecular weight excluding hydrogens is 510 g/mol. The van der Waals surface area contributed by atoms with Crippen LogP contribution < -0.4 is 9.47 Å². The van der Waals surface area contributed by atoms with Crippen LogP contribution in [-0.4, -0.2) is 35.6 Å². The number of aliphatic hydroxyl groups is 1. The van der Waals surface area contributed by atoms with Crippen LogP contribution in [0.5, 0.6) is 11.5 Å². The van der Waals surface area contributed by atoms with E-state index in [-0.39, 0.29) is 17.9 Å². The third-order valence-corrected chi connectivity index (χ3v) is 9.05. The van der Waals surface area contributed by atoms with Crippen LogP contribution in [0.2, 0.25) is 0 Å². The number of hydrogen-bond acceptors (Lipinski definition) is 4. The van der Waals surface area contributed by atoms with Crippen LogP contribution in [0.1, 0.15) is 99.3 Å². The Labute approximate surface area is 245 Å². The number of carbonyl (C=O) groups is 1. The Morgan fingerprint density at radius 1 is 0.927 bits per heavy atom. The molecule has 41 heavy (non-hydrogen) atoms. The van der Waals surface area contributed by atoms with Gasteiger partial charge in [0.15, 0.2) is 0 Å². The van der Waals surface area contributed by atoms with E-state index in [0.29, 0.717) is 19.6 Å². The zero-order chi connectivity index (χ0) is 28.7. The molecule has 2 bridgehead atoms. The van der Waals surface area contributed by atoms with Crippen LogP contribution in [0.4, 0.5) is 0 Å². The Hall–Kier alpha value is -3.31. The third kappa shape index (κ3) is 6.46. The molecule has 5 nitrogen and oxygen atoms in total. The van der Waals surface area contributed by atoms with Crippen molar-refractivity contribution in [2.24, 2.45) is 0 Å². The first-order valence-corrected chi connectivity index (χ1v) is 15.5. The average molecular weight is 556 g/mol. The van der Waals surface area contributed by atoms with E-state index in [1.807, 2.05) is 59.5 Å². The Kier molecular flexibility index (Phi) is 9.66. The number of piperidine rings is 1. The fourth-order valence-corrected chi connectivity index (χ4v) is 6.75. The Morgan fingerprint density at radius 2 is 1.63 bits per heavy atom. The minimum atomic E-state index is -1.31. The summed E-state index contributed by atoms with van der Waals surface area (Å²) >= 11 is 0. The number of nitrogens with zero attached hydrogens (tertiary/aromatic N) is 1. The van der Waals surface area contributed by atoms with E-state index in [0.717, 1.165) is 59.4 Å². The van der Waals surface area contributed by atoms with Gasteiger partial charge in [-0.05, 0) is 71.7 Å². The molecule has 1 aliphatic carbocycles. The molecule has 1 saturated heterocycles. The second-order valence-electron chi connectivity index (χ2n) is 11.7. The highest BCUT2D eigenvalue weighted by atomic mass is 16.5. The van der Waals surface area contributed by atoms with E-state index in [2.05, 4.69) is 25.1 Å². The molecular formula is C36H45NO4. The molecule has 1 N–H and O–H groups in total. The lowest BCUT2D eigenvalue weighted by Crippen LogP contribution is -2.59. The number of hydrogen-bond donors (Lipinski definition) is 1. The lowest BCUT2D eigenvalue weighted by Gasteiger charge is -2.53. The normalized spacial score (nSPS) is 21.3. The fourth-order valence-electron chi connectivity index (χ4n) is 6.75. The van der Waals surface area contributed by atoms with Gasteiger partial charge in [-0.2, -0.15) is 0 Å². The van der Waals surface area contributed by atoms with Crippen LogP contribution in [0, 0.1) is 0 Å². The fraction of sp³-hybridized carbons (Fsp3) is 0.472. The molecule has 3 aromatic rings. The first-order valence-electron chi connectivity index (χ1n) is 15.5. The second kappa shape index (κ2) is 13.6. The Balaban J connectivity index is 1.39. The first-order chi connectivity index (χ1) is 20.0. The van der Waals surface area contributed by atoms with E-state index in [9.17, 15) is 9.90 Å². The van der Waals surface area contributed by atoms with Crippen LogP contribution >= 0.6 is 0 Å². The summed E-state index contributed by atoms with van der Waals surface area (Å²) in [4.78, 5) is 15.6. The summed E-state index contributed by atoms with van der Waals surface area (Å²) in [6, 6.07) is 23.6. The van der Waals surface area contributed by atoms with E-state index >= 15 is 0 Å². The van der Waals surface area contributed by atoms with Crippen LogP contribution in [-0.2, 0) is 17.0 Å². The number of carbonyl (C=O) groups excluding carboxylic acids is 1. The maximum Gasteiger partial charge on any atom is 0.222 e. The molecule has 3 atom stereocenters. The summed E-state index contributed by atoms with van der Waals surface area (Å²) in [6.45, 7) is 3.39. The number of fused-ring (bicyclic) bond motifs is 4. The summed E-state index contributed by atoms with van der Waals surface area (Å²) in [5.41, 5.74) is 2.60. The third-order valence-electron chi connectivity index (χ3n) is 9.05. The highest BCUT2D eigenvalue weighted by molar-refractivity contribution is 5.77. The molecule has 3 aromatic carbocycles. The summed E-state index contributed by atoms with van der Waals surface area (Å²) in [5, 5.41) is 12.7. The number of amides is 1. The predicted octanol–water partition coefficient (Wildman–Crippen LogP) is 7.74. The van der Waals surface area contributed by atoms with Crippen molar-refractivity contribution < 1.29 is 19.4 Å². The summed E-state index contributed by atoms with van der Waals surface area (Å²) in [5.74, 6) is 1.99. The molecule has 1 aliphatic heterocycles. The van der Waals surface area contributed by atoms with Gasteiger partial charge in [-0.3, -0.25) is 4.79 Å². The highest BCUT2D eigenvalue weighted by Crippen LogP contribution is 2.52. The lowest BCUT2D eigenvalue weighted by molar-refractivity contribution is -0.144. The number of rotatable bonds is 13. The van der Waals surface area contributed by atoms with Crippen molar-refractivity contribution in [3.8, 4) is 11.5 Å². The van der Waals surface area contributed by atoms with Gasteiger partial charge in [0.2, 0.25) is 5.91 Å². The summed E-state index contributed by atoms with van der Waals surface area (Å²) < 4.78 is 11.6. The van der Waals surface area contributed by atoms with Crippen molar-refractivity contribution in [3.05, 3.63) is 95.1 Å². The number of benzene rings is 3. The molecule has 218 valence electrons. The van der Waals surface area contributed by atoms with Gasteiger partial charge in [0.25, 0.3) is 0 Å². The van der Waals surface area contributed by atoms with Crippen LogP contribution in [0.25, 0.3) is 0 Å². The SMILES string of the molecule is CCCCCCCCCC(=O)N1CCC2CC1C(O)(c1ccc(OC)cc1)c1ccc(OCc3ccccc3)cc12. The highest BCUT2D eigenvalue weighted by Gasteiger charge is 2.52. The van der Waals surface area contributed by atoms with Gasteiger partial charge in [-0.25, -0.2) is 0 Å². The molecule has 0 radical (unpaired) electrons. The standard InChI is InChI=1S/C36H45NO4/c1-3-4-5-6-7-8-12-15-35(38)37-23-22-28-24-34(37)36(39,29-16-18-30(40-2)19-17-29)33-21-20-31(25-32(28)33)41-26-27-13-10-9-11-14-27/h9-11,13-14,16-21,25,28,34,39H,3-8,12,15,22-24,26H2,1-2H3. The molecule has 0 saturated carbocycles. The van der Waals surface area contributed by atoms with Crippen molar-refractivity contribution in [1.82, 2.24) is 4.90 Å². The van der Waals surface area contributed by atoms with Gasteiger partial charge in [0.1, 0.15) is 23.7 Å². The first kappa shape index (κ1) is 29.2. The molecule has 1 fully saturated rings. The average Bonchev–Trinajstić information content (AvgIpc) is 3.02. The maximum absolute atomic E-state index is 13.6. The molecule has 3 unspecified atom stereocenters. The number of unbranched alkanes of at least 4 members (excludes halogenated alkanes) is 6. The molecule has 5 rings (SSSR count). The monoisotopic (exact) mass is 555 g/mol. The molecule has 2 aliphatic rings. The molecule has 1 heterocycles. The second-order valence-corrected chi connectivity index (χ2v) is 11.7. The van der Waals surface area contributed by atoms with Gasteiger partial charge < -0.3 is 19.5 Å². The molecule has 0 spiro atoms. The lowest BCUT2D eigenvalue weighted by atomic mass is 9.64. The summed E-state index contributed by atoms with van der Waals surface area (Å²) in [6.07, 6.45) is 10.5. The van der Waals surface area contributed by atoms with Gasteiger partial charge in [-0.1, -0.05) is 94.0 Å². The minimum absolute atomic E-state index is 0.167. The largest absolute Gasteiger partial charge is 0.497 e. The molecule has 1 amide bonds. The zero-order valence-electron chi connectivity index (χ0n) is 24.7. The van der Waals surface area contributed by atoms with E-state index in [1.165, 1.54) is 32.1 Å². The van der Waals surface area contributed by atoms with Gasteiger partial charge in [-0.15, -0.1) is 0 Å². The minimum Gasteiger partial charge on any atom is -0.497 e. The number of methoxy groups -OCH3 is 1. The van der Waals surface area contributed by atoms with Gasteiger partial charge in [0.05, 0.1) is 13.2 Å². The zero-order valence-corrected chi connectivity index (χ0v) is 24.7. The van der Waals surface area contributed by atoms with Crippen molar-refractivity contribution >= 4 is 5.91 Å². The summed E-state index contributed by atoms with van der Waals surface area (Å²) in [7, 11) is 1.65. The maximum atomic E-state index is 13.6. The van der Waals surface area contributed by atoms with E-state index in [4.69, 9.17) is 9.47 Å². The topological polar surface area (TPSA) is 59.0 Å². The van der Waals surface area contributed by atoms with Crippen LogP contribution in [0.15, 0.2) is 72.8 Å². The smallest absolute Gasteiger partial charge is 0.222 e. The van der Waals surface area contributed by atoms with Gasteiger partial charge in [0, 0.05) is 13.0 Å².